The van der Waals surface area contributed by atoms with Gasteiger partial charge in [-0.05, 0) is 31.5 Å². The number of nitrogens with two attached hydrogens (primary N) is 2. The second-order valence-electron chi connectivity index (χ2n) is 3.85. The minimum absolute atomic E-state index is 0.0196. The van der Waals surface area contributed by atoms with Gasteiger partial charge in [0.1, 0.15) is 4.90 Å². The number of nitrogen functional groups attached to an aromatic ring is 1. The molecule has 0 saturated carbocycles. The summed E-state index contributed by atoms with van der Waals surface area (Å²) in [5.41, 5.74) is 6.82. The molecule has 0 amide bonds. The smallest absolute Gasteiger partial charge is 0.240 e. The third-order valence-electron chi connectivity index (χ3n) is 2.54. The SMILES string of the molecule is CCCN(CC)c1ccc(S(N)(=O)=O)c(N)c1. The van der Waals surface area contributed by atoms with Crippen LogP contribution >= 0.6 is 0 Å². The first-order valence-electron chi connectivity index (χ1n) is 5.57. The minimum atomic E-state index is -3.74. The average molecular weight is 257 g/mol. The number of sulfonamides is 1. The molecule has 1 aromatic carbocycles. The average Bonchev–Trinajstić information content (AvgIpc) is 2.23. The summed E-state index contributed by atoms with van der Waals surface area (Å²) < 4.78 is 22.4. The fraction of sp³-hybridized carbons (Fsp3) is 0.455. The summed E-state index contributed by atoms with van der Waals surface area (Å²) >= 11 is 0. The number of primary sulfonamides is 1. The molecule has 6 heteroatoms. The summed E-state index contributed by atoms with van der Waals surface area (Å²) in [6.45, 7) is 5.89. The van der Waals surface area contributed by atoms with E-state index in [0.29, 0.717) is 0 Å². The van der Waals surface area contributed by atoms with Crippen LogP contribution in [0.3, 0.4) is 0 Å². The molecule has 96 valence electrons. The van der Waals surface area contributed by atoms with Crippen LogP contribution < -0.4 is 15.8 Å². The van der Waals surface area contributed by atoms with Gasteiger partial charge in [0.2, 0.25) is 10.0 Å². The maximum atomic E-state index is 11.2. The number of rotatable bonds is 5. The predicted octanol–water partition coefficient (Wildman–Crippen LogP) is 1.15. The maximum absolute atomic E-state index is 11.2. The van der Waals surface area contributed by atoms with E-state index in [2.05, 4.69) is 11.8 Å². The molecule has 0 aromatic heterocycles. The first kappa shape index (κ1) is 13.8. The fourth-order valence-electron chi connectivity index (χ4n) is 1.73. The number of nitrogens with zero attached hydrogens (tertiary/aromatic N) is 1. The Morgan fingerprint density at radius 2 is 1.94 bits per heavy atom. The van der Waals surface area contributed by atoms with Gasteiger partial charge >= 0.3 is 0 Å². The van der Waals surface area contributed by atoms with Gasteiger partial charge < -0.3 is 10.6 Å². The molecule has 1 rings (SSSR count). The van der Waals surface area contributed by atoms with Crippen LogP contribution in [0.2, 0.25) is 0 Å². The summed E-state index contributed by atoms with van der Waals surface area (Å²) in [5.74, 6) is 0. The van der Waals surface area contributed by atoms with Crippen molar-refractivity contribution in [2.45, 2.75) is 25.2 Å². The van der Waals surface area contributed by atoms with Crippen LogP contribution in [-0.4, -0.2) is 21.5 Å². The van der Waals surface area contributed by atoms with E-state index in [1.807, 2.05) is 6.92 Å². The highest BCUT2D eigenvalue weighted by Gasteiger charge is 2.13. The highest BCUT2D eigenvalue weighted by Crippen LogP contribution is 2.24. The summed E-state index contributed by atoms with van der Waals surface area (Å²) in [4.78, 5) is 2.11. The normalized spacial score (nSPS) is 11.5. The molecule has 0 aliphatic carbocycles. The second-order valence-corrected chi connectivity index (χ2v) is 5.38. The fourth-order valence-corrected chi connectivity index (χ4v) is 2.38. The molecule has 0 aliphatic rings. The molecule has 0 radical (unpaired) electrons. The lowest BCUT2D eigenvalue weighted by Crippen LogP contribution is -2.24. The zero-order valence-electron chi connectivity index (χ0n) is 10.2. The van der Waals surface area contributed by atoms with Crippen LogP contribution in [0, 0.1) is 0 Å². The first-order chi connectivity index (χ1) is 7.90. The van der Waals surface area contributed by atoms with E-state index in [4.69, 9.17) is 10.9 Å². The van der Waals surface area contributed by atoms with Crippen molar-refractivity contribution in [2.75, 3.05) is 23.7 Å². The van der Waals surface area contributed by atoms with E-state index >= 15 is 0 Å². The van der Waals surface area contributed by atoms with Crippen molar-refractivity contribution in [3.05, 3.63) is 18.2 Å². The number of benzene rings is 1. The summed E-state index contributed by atoms with van der Waals surface area (Å²) in [6.07, 6.45) is 1.02. The molecule has 4 N–H and O–H groups in total. The molecule has 0 spiro atoms. The molecule has 1 aromatic rings. The molecule has 0 bridgehead atoms. The van der Waals surface area contributed by atoms with Crippen molar-refractivity contribution in [1.82, 2.24) is 0 Å². The van der Waals surface area contributed by atoms with E-state index < -0.39 is 10.0 Å². The molecule has 0 unspecified atom stereocenters. The van der Waals surface area contributed by atoms with E-state index in [9.17, 15) is 8.42 Å². The Balaban J connectivity index is 3.12. The van der Waals surface area contributed by atoms with E-state index in [1.54, 1.807) is 12.1 Å². The Morgan fingerprint density at radius 1 is 1.29 bits per heavy atom. The molecule has 0 saturated heterocycles. The lowest BCUT2D eigenvalue weighted by atomic mass is 10.2. The lowest BCUT2D eigenvalue weighted by Gasteiger charge is -2.23. The molecular formula is C11H19N3O2S. The lowest BCUT2D eigenvalue weighted by molar-refractivity contribution is 0.598. The Labute approximate surface area is 102 Å². The van der Waals surface area contributed by atoms with Crippen molar-refractivity contribution in [2.24, 2.45) is 5.14 Å². The number of hydrogen-bond acceptors (Lipinski definition) is 4. The monoisotopic (exact) mass is 257 g/mol. The third kappa shape index (κ3) is 3.34. The second kappa shape index (κ2) is 5.37. The predicted molar refractivity (Wildman–Crippen MR) is 70.4 cm³/mol. The topological polar surface area (TPSA) is 89.4 Å². The van der Waals surface area contributed by atoms with Gasteiger partial charge in [-0.3, -0.25) is 0 Å². The number of anilines is 2. The summed E-state index contributed by atoms with van der Waals surface area (Å²) in [5, 5.41) is 5.05. The van der Waals surface area contributed by atoms with Gasteiger partial charge in [0.05, 0.1) is 5.69 Å². The highest BCUT2D eigenvalue weighted by atomic mass is 32.2. The van der Waals surface area contributed by atoms with Gasteiger partial charge in [0, 0.05) is 18.8 Å². The van der Waals surface area contributed by atoms with Gasteiger partial charge in [0.15, 0.2) is 0 Å². The van der Waals surface area contributed by atoms with Gasteiger partial charge in [-0.15, -0.1) is 0 Å². The van der Waals surface area contributed by atoms with Crippen molar-refractivity contribution < 1.29 is 8.42 Å². The van der Waals surface area contributed by atoms with E-state index in [0.717, 1.165) is 25.2 Å². The Hall–Kier alpha value is -1.27. The number of hydrogen-bond donors (Lipinski definition) is 2. The molecular weight excluding hydrogens is 238 g/mol. The van der Waals surface area contributed by atoms with Crippen LogP contribution in [-0.2, 0) is 10.0 Å². The van der Waals surface area contributed by atoms with Gasteiger partial charge in [-0.1, -0.05) is 6.92 Å². The van der Waals surface area contributed by atoms with Crippen molar-refractivity contribution in [1.29, 1.82) is 0 Å². The molecule has 0 atom stereocenters. The van der Waals surface area contributed by atoms with Crippen LogP contribution in [0.4, 0.5) is 11.4 Å². The summed E-state index contributed by atoms with van der Waals surface area (Å²) in [7, 11) is -3.74. The Morgan fingerprint density at radius 3 is 2.35 bits per heavy atom. The molecule has 0 aliphatic heterocycles. The Kier molecular flexibility index (Phi) is 4.36. The van der Waals surface area contributed by atoms with Crippen LogP contribution in [0.5, 0.6) is 0 Å². The summed E-state index contributed by atoms with van der Waals surface area (Å²) in [6, 6.07) is 4.84. The zero-order valence-corrected chi connectivity index (χ0v) is 11.0. The Bertz CT molecular complexity index is 485. The van der Waals surface area contributed by atoms with Crippen LogP contribution in [0.25, 0.3) is 0 Å². The maximum Gasteiger partial charge on any atom is 0.240 e. The van der Waals surface area contributed by atoms with Gasteiger partial charge in [-0.2, -0.15) is 0 Å². The molecule has 17 heavy (non-hydrogen) atoms. The molecule has 0 fully saturated rings. The quantitative estimate of drug-likeness (QED) is 0.774. The van der Waals surface area contributed by atoms with E-state index in [-0.39, 0.29) is 10.6 Å². The van der Waals surface area contributed by atoms with Crippen molar-refractivity contribution >= 4 is 21.4 Å². The largest absolute Gasteiger partial charge is 0.398 e. The van der Waals surface area contributed by atoms with Crippen LogP contribution in [0.15, 0.2) is 23.1 Å². The molecule has 0 heterocycles. The van der Waals surface area contributed by atoms with Gasteiger partial charge in [0.25, 0.3) is 0 Å². The first-order valence-corrected chi connectivity index (χ1v) is 7.12. The van der Waals surface area contributed by atoms with Crippen molar-refractivity contribution in [3.8, 4) is 0 Å². The highest BCUT2D eigenvalue weighted by molar-refractivity contribution is 7.89. The van der Waals surface area contributed by atoms with Crippen LogP contribution in [0.1, 0.15) is 20.3 Å². The van der Waals surface area contributed by atoms with Gasteiger partial charge in [-0.25, -0.2) is 13.6 Å². The minimum Gasteiger partial charge on any atom is -0.398 e. The zero-order chi connectivity index (χ0) is 13.1. The van der Waals surface area contributed by atoms with Crippen molar-refractivity contribution in [3.63, 3.8) is 0 Å². The van der Waals surface area contributed by atoms with E-state index in [1.165, 1.54) is 6.07 Å². The standard InChI is InChI=1S/C11H19N3O2S/c1-3-7-14(4-2)9-5-6-11(10(12)8-9)17(13,15)16/h5-6,8H,3-4,7,12H2,1-2H3,(H2,13,15,16). The third-order valence-corrected chi connectivity index (χ3v) is 3.53. The molecule has 5 nitrogen and oxygen atoms in total.